The molecule has 0 atom stereocenters. The summed E-state index contributed by atoms with van der Waals surface area (Å²) in [5.74, 6) is 0. The van der Waals surface area contributed by atoms with Gasteiger partial charge in [0.1, 0.15) is 0 Å². The predicted molar refractivity (Wildman–Crippen MR) is 80.3 cm³/mol. The summed E-state index contributed by atoms with van der Waals surface area (Å²) in [7, 11) is -3.60. The Hall–Kier alpha value is -2.14. The summed E-state index contributed by atoms with van der Waals surface area (Å²) in [5, 5.41) is 3.80. The number of nitrogens with one attached hydrogen (secondary N) is 1. The van der Waals surface area contributed by atoms with Crippen LogP contribution in [-0.2, 0) is 10.0 Å². The zero-order valence-corrected chi connectivity index (χ0v) is 12.2. The van der Waals surface area contributed by atoms with Crippen LogP contribution in [0.25, 0.3) is 0 Å². The summed E-state index contributed by atoms with van der Waals surface area (Å²) in [6.45, 7) is 4.02. The molecule has 0 radical (unpaired) electrons. The third-order valence-corrected chi connectivity index (χ3v) is 4.21. The summed E-state index contributed by atoms with van der Waals surface area (Å²) in [6, 6.07) is 14.0. The molecule has 0 bridgehead atoms. The molecule has 5 heteroatoms. The maximum absolute atomic E-state index is 11.9. The highest BCUT2D eigenvalue weighted by Gasteiger charge is 2.10. The van der Waals surface area contributed by atoms with Crippen molar-refractivity contribution >= 4 is 16.2 Å². The van der Waals surface area contributed by atoms with Gasteiger partial charge in [-0.2, -0.15) is 13.5 Å². The molecule has 0 heterocycles. The number of sulfonamides is 1. The predicted octanol–water partition coefficient (Wildman–Crippen LogP) is 2.62. The fourth-order valence-corrected chi connectivity index (χ4v) is 2.48. The van der Waals surface area contributed by atoms with Crippen molar-refractivity contribution in [1.82, 2.24) is 4.83 Å². The monoisotopic (exact) mass is 288 g/mol. The molecule has 0 saturated heterocycles. The minimum atomic E-state index is -3.60. The van der Waals surface area contributed by atoms with Crippen LogP contribution in [0.5, 0.6) is 0 Å². The van der Waals surface area contributed by atoms with Crippen LogP contribution < -0.4 is 4.83 Å². The molecule has 0 amide bonds. The molecule has 104 valence electrons. The number of hydrogen-bond acceptors (Lipinski definition) is 3. The van der Waals surface area contributed by atoms with E-state index in [-0.39, 0.29) is 4.90 Å². The minimum absolute atomic E-state index is 0.192. The number of hydrazone groups is 1. The fourth-order valence-electron chi connectivity index (χ4n) is 1.67. The average molecular weight is 288 g/mol. The molecule has 2 aromatic rings. The lowest BCUT2D eigenvalue weighted by atomic mass is 10.1. The molecule has 2 aromatic carbocycles. The first kappa shape index (κ1) is 14.3. The molecule has 0 spiro atoms. The van der Waals surface area contributed by atoms with Crippen molar-refractivity contribution in [2.75, 3.05) is 0 Å². The number of rotatable bonds is 4. The van der Waals surface area contributed by atoms with E-state index in [0.717, 1.165) is 11.1 Å². The molecule has 2 rings (SSSR count). The first-order chi connectivity index (χ1) is 9.49. The van der Waals surface area contributed by atoms with Crippen LogP contribution in [0.2, 0.25) is 0 Å². The summed E-state index contributed by atoms with van der Waals surface area (Å²) in [6.07, 6.45) is 1.49. The van der Waals surface area contributed by atoms with Crippen molar-refractivity contribution in [3.8, 4) is 0 Å². The Bertz CT molecular complexity index is 723. The standard InChI is InChI=1S/C15H16N2O2S/c1-12-8-9-14(10-13(12)2)11-16-17-20(18,19)15-6-4-3-5-7-15/h3-11,17H,1-2H3/b16-11+. The van der Waals surface area contributed by atoms with Crippen LogP contribution in [0.4, 0.5) is 0 Å². The zero-order chi connectivity index (χ0) is 14.6. The molecule has 0 fully saturated rings. The van der Waals surface area contributed by atoms with Gasteiger partial charge in [0, 0.05) is 0 Å². The molecule has 0 aromatic heterocycles. The van der Waals surface area contributed by atoms with Crippen LogP contribution in [0.3, 0.4) is 0 Å². The fraction of sp³-hybridized carbons (Fsp3) is 0.133. The quantitative estimate of drug-likeness (QED) is 0.694. The third kappa shape index (κ3) is 3.45. The average Bonchev–Trinajstić information content (AvgIpc) is 2.44. The van der Waals surface area contributed by atoms with E-state index < -0.39 is 10.0 Å². The van der Waals surface area contributed by atoms with Crippen molar-refractivity contribution in [1.29, 1.82) is 0 Å². The van der Waals surface area contributed by atoms with E-state index in [0.29, 0.717) is 0 Å². The second kappa shape index (κ2) is 5.88. The van der Waals surface area contributed by atoms with Gasteiger partial charge in [-0.05, 0) is 42.7 Å². The van der Waals surface area contributed by atoms with Crippen LogP contribution in [0.15, 0.2) is 58.5 Å². The van der Waals surface area contributed by atoms with Gasteiger partial charge in [0.15, 0.2) is 0 Å². The summed E-state index contributed by atoms with van der Waals surface area (Å²) in [4.78, 5) is 2.39. The first-order valence-corrected chi connectivity index (χ1v) is 7.64. The summed E-state index contributed by atoms with van der Waals surface area (Å²) >= 11 is 0. The maximum Gasteiger partial charge on any atom is 0.276 e. The SMILES string of the molecule is Cc1ccc(/C=N/NS(=O)(=O)c2ccccc2)cc1C. The Balaban J connectivity index is 2.12. The Kier molecular flexibility index (Phi) is 4.20. The van der Waals surface area contributed by atoms with Gasteiger partial charge in [-0.25, -0.2) is 4.83 Å². The van der Waals surface area contributed by atoms with Gasteiger partial charge in [-0.1, -0.05) is 36.4 Å². The van der Waals surface area contributed by atoms with Crippen molar-refractivity contribution in [2.24, 2.45) is 5.10 Å². The second-order valence-electron chi connectivity index (χ2n) is 4.51. The smallest absolute Gasteiger partial charge is 0.200 e. The van der Waals surface area contributed by atoms with E-state index in [9.17, 15) is 8.42 Å². The molecule has 0 aliphatic rings. The van der Waals surface area contributed by atoms with E-state index in [4.69, 9.17) is 0 Å². The molecule has 0 unspecified atom stereocenters. The van der Waals surface area contributed by atoms with Gasteiger partial charge in [-0.3, -0.25) is 0 Å². The van der Waals surface area contributed by atoms with Crippen LogP contribution in [0.1, 0.15) is 16.7 Å². The molecule has 0 aliphatic carbocycles. The molecule has 1 N–H and O–H groups in total. The topological polar surface area (TPSA) is 58.5 Å². The van der Waals surface area contributed by atoms with Gasteiger partial charge in [0.05, 0.1) is 11.1 Å². The van der Waals surface area contributed by atoms with Crippen LogP contribution in [0, 0.1) is 13.8 Å². The molecule has 4 nitrogen and oxygen atoms in total. The van der Waals surface area contributed by atoms with Gasteiger partial charge in [-0.15, -0.1) is 0 Å². The highest BCUT2D eigenvalue weighted by atomic mass is 32.2. The maximum atomic E-state index is 11.9. The highest BCUT2D eigenvalue weighted by molar-refractivity contribution is 7.89. The highest BCUT2D eigenvalue weighted by Crippen LogP contribution is 2.09. The number of benzene rings is 2. The van der Waals surface area contributed by atoms with Crippen molar-refractivity contribution in [3.63, 3.8) is 0 Å². The van der Waals surface area contributed by atoms with E-state index >= 15 is 0 Å². The Morgan fingerprint density at radius 2 is 1.70 bits per heavy atom. The van der Waals surface area contributed by atoms with Crippen LogP contribution in [-0.4, -0.2) is 14.6 Å². The summed E-state index contributed by atoms with van der Waals surface area (Å²) < 4.78 is 23.8. The molecule has 0 aliphatic heterocycles. The Labute approximate surface area is 119 Å². The van der Waals surface area contributed by atoms with Gasteiger partial charge >= 0.3 is 0 Å². The second-order valence-corrected chi connectivity index (χ2v) is 6.17. The normalized spacial score (nSPS) is 11.7. The number of hydrogen-bond donors (Lipinski definition) is 1. The Morgan fingerprint density at radius 1 is 1.00 bits per heavy atom. The molecule has 0 saturated carbocycles. The van der Waals surface area contributed by atoms with Crippen molar-refractivity contribution in [3.05, 3.63) is 65.2 Å². The first-order valence-electron chi connectivity index (χ1n) is 6.16. The third-order valence-electron chi connectivity index (χ3n) is 2.97. The Morgan fingerprint density at radius 3 is 2.35 bits per heavy atom. The largest absolute Gasteiger partial charge is 0.276 e. The molecular weight excluding hydrogens is 272 g/mol. The minimum Gasteiger partial charge on any atom is -0.200 e. The van der Waals surface area contributed by atoms with Crippen molar-refractivity contribution in [2.45, 2.75) is 18.7 Å². The molecule has 20 heavy (non-hydrogen) atoms. The number of nitrogens with zero attached hydrogens (tertiary/aromatic N) is 1. The van der Waals surface area contributed by atoms with Gasteiger partial charge in [0.2, 0.25) is 0 Å². The van der Waals surface area contributed by atoms with E-state index in [1.54, 1.807) is 18.2 Å². The zero-order valence-electron chi connectivity index (χ0n) is 11.4. The van der Waals surface area contributed by atoms with Crippen molar-refractivity contribution < 1.29 is 8.42 Å². The van der Waals surface area contributed by atoms with E-state index in [1.807, 2.05) is 32.0 Å². The lowest BCUT2D eigenvalue weighted by Crippen LogP contribution is -2.18. The number of aryl methyl sites for hydroxylation is 2. The summed E-state index contributed by atoms with van der Waals surface area (Å²) in [5.41, 5.74) is 3.18. The van der Waals surface area contributed by atoms with E-state index in [2.05, 4.69) is 9.93 Å². The van der Waals surface area contributed by atoms with E-state index in [1.165, 1.54) is 23.9 Å². The van der Waals surface area contributed by atoms with Crippen LogP contribution >= 0.6 is 0 Å². The van der Waals surface area contributed by atoms with Gasteiger partial charge < -0.3 is 0 Å². The lowest BCUT2D eigenvalue weighted by molar-refractivity contribution is 0.584. The lowest BCUT2D eigenvalue weighted by Gasteiger charge is -2.03. The molecular formula is C15H16N2O2S. The van der Waals surface area contributed by atoms with Gasteiger partial charge in [0.25, 0.3) is 10.0 Å².